The van der Waals surface area contributed by atoms with Gasteiger partial charge in [0.2, 0.25) is 5.91 Å². The summed E-state index contributed by atoms with van der Waals surface area (Å²) in [6, 6.07) is 5.37. The van der Waals surface area contributed by atoms with Crippen molar-refractivity contribution < 1.29 is 22.7 Å². The number of ether oxygens (including phenoxy) is 1. The Kier molecular flexibility index (Phi) is 4.08. The lowest BCUT2D eigenvalue weighted by molar-refractivity contribution is -0.139. The minimum atomic E-state index is -4.32. The molecule has 1 aromatic rings. The summed E-state index contributed by atoms with van der Waals surface area (Å²) in [5, 5.41) is 0. The van der Waals surface area contributed by atoms with Crippen molar-refractivity contribution >= 4 is 5.91 Å². The smallest absolute Gasteiger partial charge is 0.352 e. The number of alkyl halides is 3. The highest BCUT2D eigenvalue weighted by molar-refractivity contribution is 5.82. The van der Waals surface area contributed by atoms with Gasteiger partial charge in [0.1, 0.15) is 0 Å². The molecule has 142 valence electrons. The van der Waals surface area contributed by atoms with Crippen LogP contribution in [0, 0.1) is 5.92 Å². The van der Waals surface area contributed by atoms with Gasteiger partial charge in [-0.1, -0.05) is 26.0 Å². The first-order valence-electron chi connectivity index (χ1n) is 9.09. The van der Waals surface area contributed by atoms with Gasteiger partial charge >= 0.3 is 6.18 Å². The predicted molar refractivity (Wildman–Crippen MR) is 89.0 cm³/mol. The molecule has 3 atom stereocenters. The average molecular weight is 368 g/mol. The van der Waals surface area contributed by atoms with Gasteiger partial charge in [0.25, 0.3) is 0 Å². The predicted octanol–water partition coefficient (Wildman–Crippen LogP) is 3.26. The molecule has 0 bridgehead atoms. The molecule has 0 aliphatic carbocycles. The molecule has 0 aromatic heterocycles. The molecule has 3 aliphatic heterocycles. The average Bonchev–Trinajstić information content (AvgIpc) is 3.18. The van der Waals surface area contributed by atoms with E-state index in [1.807, 2.05) is 4.90 Å². The maximum atomic E-state index is 12.7. The highest BCUT2D eigenvalue weighted by atomic mass is 19.4. The molecule has 3 heterocycles. The summed E-state index contributed by atoms with van der Waals surface area (Å²) in [7, 11) is 0. The zero-order valence-corrected chi connectivity index (χ0v) is 14.9. The molecule has 4 rings (SSSR count). The molecular weight excluding hydrogens is 345 g/mol. The zero-order chi connectivity index (χ0) is 18.7. The number of carbonyl (C=O) groups excluding carboxylic acids is 1. The van der Waals surface area contributed by atoms with Gasteiger partial charge in [0.05, 0.1) is 24.3 Å². The summed E-state index contributed by atoms with van der Waals surface area (Å²) < 4.78 is 44.3. The molecular formula is C19H23F3N2O2. The Labute approximate surface area is 150 Å². The van der Waals surface area contributed by atoms with E-state index in [0.717, 1.165) is 30.7 Å². The summed E-state index contributed by atoms with van der Waals surface area (Å²) >= 11 is 0. The highest BCUT2D eigenvalue weighted by Crippen LogP contribution is 2.49. The second kappa shape index (κ2) is 5.96. The second-order valence-electron chi connectivity index (χ2n) is 7.87. The van der Waals surface area contributed by atoms with E-state index in [-0.39, 0.29) is 18.0 Å². The fourth-order valence-electron chi connectivity index (χ4n) is 4.68. The van der Waals surface area contributed by atoms with Crippen molar-refractivity contribution in [3.63, 3.8) is 0 Å². The van der Waals surface area contributed by atoms with Crippen LogP contribution in [-0.2, 0) is 22.3 Å². The Balaban J connectivity index is 1.52. The standard InChI is InChI=1S/C19H23F3N2O2/c1-12(2)15-11-26-18-7-8-23(16(18)9-17(25)24(15)18)10-13-3-5-14(6-4-13)19(20,21)22/h3-6,12,15-16H,7-11H2,1-2H3/t15-,16+,18-/m0/s1. The minimum Gasteiger partial charge on any atom is -0.352 e. The van der Waals surface area contributed by atoms with Crippen LogP contribution in [0.2, 0.25) is 0 Å². The van der Waals surface area contributed by atoms with Gasteiger partial charge in [0.15, 0.2) is 5.72 Å². The van der Waals surface area contributed by atoms with E-state index in [1.165, 1.54) is 12.1 Å². The van der Waals surface area contributed by atoms with Crippen molar-refractivity contribution in [2.75, 3.05) is 13.2 Å². The normalized spacial score (nSPS) is 31.8. The Morgan fingerprint density at radius 3 is 2.58 bits per heavy atom. The minimum absolute atomic E-state index is 0.0268. The van der Waals surface area contributed by atoms with Crippen LogP contribution in [0.3, 0.4) is 0 Å². The summed E-state index contributed by atoms with van der Waals surface area (Å²) in [5.41, 5.74) is -0.364. The van der Waals surface area contributed by atoms with E-state index in [2.05, 4.69) is 18.7 Å². The number of carbonyl (C=O) groups is 1. The van der Waals surface area contributed by atoms with Gasteiger partial charge in [-0.2, -0.15) is 13.2 Å². The van der Waals surface area contributed by atoms with Gasteiger partial charge in [-0.25, -0.2) is 0 Å². The van der Waals surface area contributed by atoms with E-state index in [1.54, 1.807) is 0 Å². The van der Waals surface area contributed by atoms with Gasteiger partial charge in [-0.05, 0) is 23.6 Å². The van der Waals surface area contributed by atoms with Crippen LogP contribution in [0.5, 0.6) is 0 Å². The van der Waals surface area contributed by atoms with Gasteiger partial charge < -0.3 is 9.64 Å². The summed E-state index contributed by atoms with van der Waals surface area (Å²) in [6.45, 7) is 6.07. The number of likely N-dealkylation sites (tertiary alicyclic amines) is 1. The molecule has 1 aromatic carbocycles. The molecule has 3 aliphatic rings. The molecule has 0 radical (unpaired) electrons. The summed E-state index contributed by atoms with van der Waals surface area (Å²) in [6.07, 6.45) is -3.14. The van der Waals surface area contributed by atoms with Crippen molar-refractivity contribution in [2.45, 2.75) is 57.2 Å². The number of rotatable bonds is 3. The van der Waals surface area contributed by atoms with Crippen molar-refractivity contribution in [2.24, 2.45) is 5.92 Å². The number of amides is 1. The molecule has 26 heavy (non-hydrogen) atoms. The van der Waals surface area contributed by atoms with Crippen LogP contribution in [0.25, 0.3) is 0 Å². The molecule has 7 heteroatoms. The van der Waals surface area contributed by atoms with E-state index in [4.69, 9.17) is 4.74 Å². The quantitative estimate of drug-likeness (QED) is 0.821. The van der Waals surface area contributed by atoms with Gasteiger partial charge in [-0.3, -0.25) is 9.69 Å². The molecule has 3 saturated heterocycles. The molecule has 0 N–H and O–H groups in total. The largest absolute Gasteiger partial charge is 0.416 e. The lowest BCUT2D eigenvalue weighted by atomic mass is 10.0. The summed E-state index contributed by atoms with van der Waals surface area (Å²) in [5.74, 6) is 0.462. The zero-order valence-electron chi connectivity index (χ0n) is 14.9. The van der Waals surface area contributed by atoms with Crippen LogP contribution < -0.4 is 0 Å². The first-order chi connectivity index (χ1) is 12.2. The first kappa shape index (κ1) is 17.8. The third-order valence-electron chi connectivity index (χ3n) is 6.04. The van der Waals surface area contributed by atoms with Gasteiger partial charge in [-0.15, -0.1) is 0 Å². The number of halogens is 3. The molecule has 1 spiro atoms. The fraction of sp³-hybridized carbons (Fsp3) is 0.632. The van der Waals surface area contributed by atoms with Crippen LogP contribution in [0.4, 0.5) is 13.2 Å². The SMILES string of the molecule is CC(C)[C@@H]1CO[C@@]23CCN(Cc4ccc(C(F)(F)F)cc4)[C@@H]2CC(=O)N13. The lowest BCUT2D eigenvalue weighted by Gasteiger charge is -2.34. The molecule has 4 nitrogen and oxygen atoms in total. The van der Waals surface area contributed by atoms with Crippen molar-refractivity contribution in [1.29, 1.82) is 0 Å². The second-order valence-corrected chi connectivity index (χ2v) is 7.87. The third kappa shape index (κ3) is 2.63. The van der Waals surface area contributed by atoms with E-state index in [9.17, 15) is 18.0 Å². The Bertz CT molecular complexity index is 704. The monoisotopic (exact) mass is 368 g/mol. The fourth-order valence-corrected chi connectivity index (χ4v) is 4.68. The van der Waals surface area contributed by atoms with E-state index in [0.29, 0.717) is 25.5 Å². The van der Waals surface area contributed by atoms with Gasteiger partial charge in [0, 0.05) is 25.9 Å². The number of benzene rings is 1. The number of hydrogen-bond donors (Lipinski definition) is 0. The first-order valence-corrected chi connectivity index (χ1v) is 9.09. The van der Waals surface area contributed by atoms with E-state index < -0.39 is 17.5 Å². The maximum absolute atomic E-state index is 12.7. The van der Waals surface area contributed by atoms with Crippen molar-refractivity contribution in [3.05, 3.63) is 35.4 Å². The molecule has 0 unspecified atom stereocenters. The van der Waals surface area contributed by atoms with Crippen LogP contribution >= 0.6 is 0 Å². The van der Waals surface area contributed by atoms with Crippen LogP contribution in [0.15, 0.2) is 24.3 Å². The number of hydrogen-bond acceptors (Lipinski definition) is 3. The van der Waals surface area contributed by atoms with E-state index >= 15 is 0 Å². The Morgan fingerprint density at radius 2 is 1.96 bits per heavy atom. The third-order valence-corrected chi connectivity index (χ3v) is 6.04. The lowest BCUT2D eigenvalue weighted by Crippen LogP contribution is -2.50. The maximum Gasteiger partial charge on any atom is 0.416 e. The number of nitrogens with zero attached hydrogens (tertiary/aromatic N) is 2. The van der Waals surface area contributed by atoms with Crippen LogP contribution in [0.1, 0.15) is 37.8 Å². The van der Waals surface area contributed by atoms with Crippen LogP contribution in [-0.4, -0.2) is 46.7 Å². The van der Waals surface area contributed by atoms with Crippen molar-refractivity contribution in [3.8, 4) is 0 Å². The highest BCUT2D eigenvalue weighted by Gasteiger charge is 2.64. The Hall–Kier alpha value is -1.60. The topological polar surface area (TPSA) is 32.8 Å². The molecule has 0 saturated carbocycles. The van der Waals surface area contributed by atoms with Crippen molar-refractivity contribution in [1.82, 2.24) is 9.80 Å². The Morgan fingerprint density at radius 1 is 1.27 bits per heavy atom. The summed E-state index contributed by atoms with van der Waals surface area (Å²) in [4.78, 5) is 16.8. The molecule has 3 fully saturated rings. The molecule has 1 amide bonds.